The SMILES string of the molecule is COCCN1CCC(CNS(=O)(=O)c2ccc(C#N)cc2Cl)C1. The molecular formula is C15H20ClN3O3S. The van der Waals surface area contributed by atoms with Crippen LogP contribution in [0.3, 0.4) is 0 Å². The first-order valence-electron chi connectivity index (χ1n) is 7.37. The van der Waals surface area contributed by atoms with Gasteiger partial charge in [-0.05, 0) is 37.1 Å². The Balaban J connectivity index is 1.94. The Morgan fingerprint density at radius 3 is 2.96 bits per heavy atom. The van der Waals surface area contributed by atoms with Gasteiger partial charge in [0.1, 0.15) is 4.90 Å². The van der Waals surface area contributed by atoms with E-state index in [4.69, 9.17) is 21.6 Å². The van der Waals surface area contributed by atoms with Gasteiger partial charge in [-0.2, -0.15) is 5.26 Å². The van der Waals surface area contributed by atoms with Crippen LogP contribution in [0.4, 0.5) is 0 Å². The normalized spacial score (nSPS) is 18.9. The average Bonchev–Trinajstić information content (AvgIpc) is 2.98. The largest absolute Gasteiger partial charge is 0.383 e. The van der Waals surface area contributed by atoms with Crippen LogP contribution in [0.25, 0.3) is 0 Å². The van der Waals surface area contributed by atoms with Gasteiger partial charge in [0, 0.05) is 26.7 Å². The zero-order valence-electron chi connectivity index (χ0n) is 13.0. The molecule has 1 saturated heterocycles. The fourth-order valence-electron chi connectivity index (χ4n) is 2.60. The second kappa shape index (κ2) is 8.08. The Morgan fingerprint density at radius 2 is 2.30 bits per heavy atom. The number of methoxy groups -OCH3 is 1. The van der Waals surface area contributed by atoms with Crippen molar-refractivity contribution in [2.24, 2.45) is 5.92 Å². The molecule has 1 aromatic carbocycles. The minimum atomic E-state index is -3.67. The van der Waals surface area contributed by atoms with Crippen molar-refractivity contribution in [3.63, 3.8) is 0 Å². The molecule has 1 unspecified atom stereocenters. The molecule has 0 saturated carbocycles. The summed E-state index contributed by atoms with van der Waals surface area (Å²) in [6.07, 6.45) is 0.952. The monoisotopic (exact) mass is 357 g/mol. The summed E-state index contributed by atoms with van der Waals surface area (Å²) in [5, 5.41) is 8.86. The molecule has 1 fully saturated rings. The lowest BCUT2D eigenvalue weighted by Gasteiger charge is -2.16. The van der Waals surface area contributed by atoms with Crippen molar-refractivity contribution in [2.45, 2.75) is 11.3 Å². The van der Waals surface area contributed by atoms with E-state index in [9.17, 15) is 8.42 Å². The summed E-state index contributed by atoms with van der Waals surface area (Å²) in [6.45, 7) is 3.73. The van der Waals surface area contributed by atoms with Gasteiger partial charge in [0.05, 0.1) is 23.3 Å². The Morgan fingerprint density at radius 1 is 1.52 bits per heavy atom. The third-order valence-electron chi connectivity index (χ3n) is 3.89. The number of halogens is 1. The Kier molecular flexibility index (Phi) is 6.39. The number of likely N-dealkylation sites (tertiary alicyclic amines) is 1. The number of sulfonamides is 1. The quantitative estimate of drug-likeness (QED) is 0.798. The molecule has 1 aliphatic rings. The van der Waals surface area contributed by atoms with Crippen LogP contribution in [-0.4, -0.2) is 53.2 Å². The van der Waals surface area contributed by atoms with Crippen molar-refractivity contribution in [2.75, 3.05) is 39.9 Å². The van der Waals surface area contributed by atoms with E-state index in [2.05, 4.69) is 9.62 Å². The Labute approximate surface area is 142 Å². The van der Waals surface area contributed by atoms with Crippen LogP contribution in [-0.2, 0) is 14.8 Å². The molecular weight excluding hydrogens is 338 g/mol. The topological polar surface area (TPSA) is 82.4 Å². The maximum Gasteiger partial charge on any atom is 0.242 e. The smallest absolute Gasteiger partial charge is 0.242 e. The highest BCUT2D eigenvalue weighted by molar-refractivity contribution is 7.89. The van der Waals surface area contributed by atoms with Crippen molar-refractivity contribution in [3.8, 4) is 6.07 Å². The van der Waals surface area contributed by atoms with Gasteiger partial charge in [0.25, 0.3) is 0 Å². The molecule has 6 nitrogen and oxygen atoms in total. The molecule has 1 N–H and O–H groups in total. The molecule has 1 aliphatic heterocycles. The lowest BCUT2D eigenvalue weighted by molar-refractivity contribution is 0.159. The van der Waals surface area contributed by atoms with Gasteiger partial charge >= 0.3 is 0 Å². The molecule has 0 aliphatic carbocycles. The van der Waals surface area contributed by atoms with Gasteiger partial charge in [-0.15, -0.1) is 0 Å². The van der Waals surface area contributed by atoms with Gasteiger partial charge < -0.3 is 9.64 Å². The summed E-state index contributed by atoms with van der Waals surface area (Å²) in [7, 11) is -2.00. The number of hydrogen-bond acceptors (Lipinski definition) is 5. The van der Waals surface area contributed by atoms with Crippen LogP contribution in [0.2, 0.25) is 5.02 Å². The number of nitriles is 1. The predicted octanol–water partition coefficient (Wildman–Crippen LogP) is 1.46. The van der Waals surface area contributed by atoms with E-state index in [1.54, 1.807) is 7.11 Å². The standard InChI is InChI=1S/C15H20ClN3O3S/c1-22-7-6-19-5-4-13(11-19)10-18-23(20,21)15-3-2-12(9-17)8-14(15)16/h2-3,8,13,18H,4-7,10-11H2,1H3. The highest BCUT2D eigenvalue weighted by atomic mass is 35.5. The van der Waals surface area contributed by atoms with Crippen molar-refractivity contribution in [3.05, 3.63) is 28.8 Å². The van der Waals surface area contributed by atoms with Crippen LogP contribution in [0.15, 0.2) is 23.1 Å². The van der Waals surface area contributed by atoms with E-state index in [1.807, 2.05) is 6.07 Å². The van der Waals surface area contributed by atoms with Crippen LogP contribution < -0.4 is 4.72 Å². The molecule has 0 bridgehead atoms. The average molecular weight is 358 g/mol. The molecule has 0 spiro atoms. The summed E-state index contributed by atoms with van der Waals surface area (Å²) >= 11 is 5.98. The van der Waals surface area contributed by atoms with E-state index in [0.717, 1.165) is 26.1 Å². The van der Waals surface area contributed by atoms with Crippen molar-refractivity contribution >= 4 is 21.6 Å². The van der Waals surface area contributed by atoms with E-state index in [-0.39, 0.29) is 15.8 Å². The molecule has 0 amide bonds. The highest BCUT2D eigenvalue weighted by Crippen LogP contribution is 2.23. The second-order valence-electron chi connectivity index (χ2n) is 5.56. The van der Waals surface area contributed by atoms with Crippen molar-refractivity contribution in [1.29, 1.82) is 5.26 Å². The summed E-state index contributed by atoms with van der Waals surface area (Å²) in [4.78, 5) is 2.27. The molecule has 2 rings (SSSR count). The minimum absolute atomic E-state index is 0.00685. The summed E-state index contributed by atoms with van der Waals surface area (Å²) < 4.78 is 32.4. The van der Waals surface area contributed by atoms with Gasteiger partial charge in [0.2, 0.25) is 10.0 Å². The van der Waals surface area contributed by atoms with E-state index in [1.165, 1.54) is 18.2 Å². The first-order chi connectivity index (χ1) is 11.0. The maximum atomic E-state index is 12.4. The summed E-state index contributed by atoms with van der Waals surface area (Å²) in [6, 6.07) is 6.10. The van der Waals surface area contributed by atoms with Crippen LogP contribution in [0, 0.1) is 17.2 Å². The summed E-state index contributed by atoms with van der Waals surface area (Å²) in [5.41, 5.74) is 0.332. The van der Waals surface area contributed by atoms with E-state index in [0.29, 0.717) is 18.7 Å². The zero-order valence-corrected chi connectivity index (χ0v) is 14.5. The number of benzene rings is 1. The number of ether oxygens (including phenoxy) is 1. The molecule has 8 heteroatoms. The van der Waals surface area contributed by atoms with Gasteiger partial charge in [-0.1, -0.05) is 11.6 Å². The van der Waals surface area contributed by atoms with Gasteiger partial charge in [-0.25, -0.2) is 13.1 Å². The minimum Gasteiger partial charge on any atom is -0.383 e. The molecule has 1 aromatic rings. The lowest BCUT2D eigenvalue weighted by Crippen LogP contribution is -2.32. The fourth-order valence-corrected chi connectivity index (χ4v) is 4.26. The number of nitrogens with one attached hydrogen (secondary N) is 1. The van der Waals surface area contributed by atoms with Crippen molar-refractivity contribution < 1.29 is 13.2 Å². The molecule has 1 atom stereocenters. The number of rotatable bonds is 7. The van der Waals surface area contributed by atoms with Crippen LogP contribution in [0.1, 0.15) is 12.0 Å². The van der Waals surface area contributed by atoms with Crippen molar-refractivity contribution in [1.82, 2.24) is 9.62 Å². The molecule has 1 heterocycles. The maximum absolute atomic E-state index is 12.4. The zero-order chi connectivity index (χ0) is 16.9. The van der Waals surface area contributed by atoms with Crippen LogP contribution >= 0.6 is 11.6 Å². The first kappa shape index (κ1) is 18.2. The predicted molar refractivity (Wildman–Crippen MR) is 87.8 cm³/mol. The Hall–Kier alpha value is -1.17. The summed E-state index contributed by atoms with van der Waals surface area (Å²) in [5.74, 6) is 0.277. The molecule has 23 heavy (non-hydrogen) atoms. The van der Waals surface area contributed by atoms with Crippen LogP contribution in [0.5, 0.6) is 0 Å². The number of nitrogens with zero attached hydrogens (tertiary/aromatic N) is 2. The molecule has 0 radical (unpaired) electrons. The third-order valence-corrected chi connectivity index (χ3v) is 5.80. The molecule has 0 aromatic heterocycles. The first-order valence-corrected chi connectivity index (χ1v) is 9.23. The third kappa shape index (κ3) is 4.90. The van der Waals surface area contributed by atoms with Gasteiger partial charge in [-0.3, -0.25) is 0 Å². The highest BCUT2D eigenvalue weighted by Gasteiger charge is 2.25. The van der Waals surface area contributed by atoms with E-state index >= 15 is 0 Å². The molecule has 126 valence electrons. The van der Waals surface area contributed by atoms with E-state index < -0.39 is 10.0 Å². The second-order valence-corrected chi connectivity index (χ2v) is 7.70. The lowest BCUT2D eigenvalue weighted by atomic mass is 10.1. The number of hydrogen-bond donors (Lipinski definition) is 1. The fraction of sp³-hybridized carbons (Fsp3) is 0.533. The Bertz CT molecular complexity index is 688. The van der Waals surface area contributed by atoms with Gasteiger partial charge in [0.15, 0.2) is 0 Å².